The van der Waals surface area contributed by atoms with Crippen LogP contribution in [0.25, 0.3) is 0 Å². The fourth-order valence-corrected chi connectivity index (χ4v) is 2.92. The molecule has 1 heterocycles. The Morgan fingerprint density at radius 1 is 1.47 bits per heavy atom. The lowest BCUT2D eigenvalue weighted by Gasteiger charge is -2.16. The summed E-state index contributed by atoms with van der Waals surface area (Å²) in [5, 5.41) is 4.22. The molecule has 0 aliphatic rings. The summed E-state index contributed by atoms with van der Waals surface area (Å²) in [5.74, 6) is -0.205. The minimum atomic E-state index is -0.205. The van der Waals surface area contributed by atoms with E-state index in [0.717, 1.165) is 22.2 Å². The Bertz CT molecular complexity index is 553. The second kappa shape index (κ2) is 6.21. The van der Waals surface area contributed by atoms with Gasteiger partial charge < -0.3 is 9.88 Å². The first-order valence-corrected chi connectivity index (χ1v) is 7.11. The van der Waals surface area contributed by atoms with Crippen molar-refractivity contribution in [2.24, 2.45) is 7.05 Å². The minimum absolute atomic E-state index is 0.114. The third-order valence-electron chi connectivity index (χ3n) is 2.93. The van der Waals surface area contributed by atoms with Crippen LogP contribution in [0.3, 0.4) is 0 Å². The van der Waals surface area contributed by atoms with Crippen molar-refractivity contribution in [3.05, 3.63) is 42.0 Å². The monoisotopic (exact) mass is 279 g/mol. The molecule has 2 rings (SSSR count). The van der Waals surface area contributed by atoms with Crippen LogP contribution in [0, 0.1) is 5.82 Å². The molecule has 0 saturated heterocycles. The standard InChI is InChI=1S/C14H18FN3S/c1-4-16-10(2)12-9-11(15)5-6-13(12)19-14-17-7-8-18(14)3/h5-10,16H,4H2,1-3H3. The molecular weight excluding hydrogens is 261 g/mol. The average molecular weight is 279 g/mol. The SMILES string of the molecule is CCNC(C)c1cc(F)ccc1Sc1nccn1C. The van der Waals surface area contributed by atoms with Gasteiger partial charge in [-0.05, 0) is 37.2 Å². The summed E-state index contributed by atoms with van der Waals surface area (Å²) in [6, 6.07) is 5.02. The molecule has 0 aliphatic carbocycles. The predicted octanol–water partition coefficient (Wildman–Crippen LogP) is 3.38. The van der Waals surface area contributed by atoms with Gasteiger partial charge in [-0.25, -0.2) is 9.37 Å². The maximum absolute atomic E-state index is 13.4. The van der Waals surface area contributed by atoms with Gasteiger partial charge in [-0.15, -0.1) is 0 Å². The Kier molecular flexibility index (Phi) is 4.61. The quantitative estimate of drug-likeness (QED) is 0.910. The fraction of sp³-hybridized carbons (Fsp3) is 0.357. The first-order valence-electron chi connectivity index (χ1n) is 6.29. The van der Waals surface area contributed by atoms with Crippen LogP contribution >= 0.6 is 11.8 Å². The molecule has 1 unspecified atom stereocenters. The molecule has 0 spiro atoms. The number of rotatable bonds is 5. The summed E-state index contributed by atoms with van der Waals surface area (Å²) in [4.78, 5) is 5.32. The van der Waals surface area contributed by atoms with Crippen molar-refractivity contribution in [3.8, 4) is 0 Å². The highest BCUT2D eigenvalue weighted by molar-refractivity contribution is 7.99. The molecule has 1 aromatic carbocycles. The molecular formula is C14H18FN3S. The molecule has 0 saturated carbocycles. The van der Waals surface area contributed by atoms with Crippen molar-refractivity contribution < 1.29 is 4.39 Å². The number of nitrogens with zero attached hydrogens (tertiary/aromatic N) is 2. The third-order valence-corrected chi connectivity index (χ3v) is 4.09. The van der Waals surface area contributed by atoms with Crippen LogP contribution < -0.4 is 5.32 Å². The lowest BCUT2D eigenvalue weighted by molar-refractivity contribution is 0.574. The molecule has 1 atom stereocenters. The zero-order valence-electron chi connectivity index (χ0n) is 11.4. The summed E-state index contributed by atoms with van der Waals surface area (Å²) in [6.07, 6.45) is 3.67. The summed E-state index contributed by atoms with van der Waals surface area (Å²) in [7, 11) is 1.95. The van der Waals surface area contributed by atoms with Gasteiger partial charge in [-0.2, -0.15) is 0 Å². The van der Waals surface area contributed by atoms with E-state index in [1.54, 1.807) is 24.0 Å². The fourth-order valence-electron chi connectivity index (χ4n) is 1.92. The van der Waals surface area contributed by atoms with Crippen molar-refractivity contribution >= 4 is 11.8 Å². The maximum atomic E-state index is 13.4. The van der Waals surface area contributed by atoms with Gasteiger partial charge in [-0.3, -0.25) is 0 Å². The second-order valence-electron chi connectivity index (χ2n) is 4.38. The van der Waals surface area contributed by atoms with E-state index in [9.17, 15) is 4.39 Å². The third kappa shape index (κ3) is 3.36. The van der Waals surface area contributed by atoms with Crippen LogP contribution in [0.4, 0.5) is 4.39 Å². The first kappa shape index (κ1) is 14.1. The summed E-state index contributed by atoms with van der Waals surface area (Å²) in [6.45, 7) is 4.94. The smallest absolute Gasteiger partial charge is 0.172 e. The van der Waals surface area contributed by atoms with Crippen LogP contribution in [-0.4, -0.2) is 16.1 Å². The zero-order valence-corrected chi connectivity index (χ0v) is 12.2. The van der Waals surface area contributed by atoms with Gasteiger partial charge in [0.1, 0.15) is 5.82 Å². The zero-order chi connectivity index (χ0) is 13.8. The Morgan fingerprint density at radius 3 is 2.89 bits per heavy atom. The molecule has 0 amide bonds. The number of hydrogen-bond acceptors (Lipinski definition) is 3. The molecule has 0 radical (unpaired) electrons. The number of imidazole rings is 1. The van der Waals surface area contributed by atoms with Gasteiger partial charge in [0.25, 0.3) is 0 Å². The van der Waals surface area contributed by atoms with Crippen molar-refractivity contribution in [2.75, 3.05) is 6.54 Å². The largest absolute Gasteiger partial charge is 0.329 e. The van der Waals surface area contributed by atoms with E-state index in [4.69, 9.17) is 0 Å². The van der Waals surface area contributed by atoms with Crippen LogP contribution in [0.1, 0.15) is 25.5 Å². The highest BCUT2D eigenvalue weighted by Gasteiger charge is 2.13. The van der Waals surface area contributed by atoms with E-state index in [-0.39, 0.29) is 11.9 Å². The highest BCUT2D eigenvalue weighted by Crippen LogP contribution is 2.32. The maximum Gasteiger partial charge on any atom is 0.172 e. The predicted molar refractivity (Wildman–Crippen MR) is 75.8 cm³/mol. The molecule has 0 bridgehead atoms. The van der Waals surface area contributed by atoms with Crippen molar-refractivity contribution in [1.82, 2.24) is 14.9 Å². The van der Waals surface area contributed by atoms with E-state index < -0.39 is 0 Å². The summed E-state index contributed by atoms with van der Waals surface area (Å²) >= 11 is 1.56. The molecule has 102 valence electrons. The number of nitrogens with one attached hydrogen (secondary N) is 1. The Labute approximate surface area is 117 Å². The number of halogens is 1. The number of aryl methyl sites for hydroxylation is 1. The molecule has 1 aromatic heterocycles. The molecule has 3 nitrogen and oxygen atoms in total. The van der Waals surface area contributed by atoms with E-state index in [2.05, 4.69) is 10.3 Å². The van der Waals surface area contributed by atoms with Gasteiger partial charge >= 0.3 is 0 Å². The van der Waals surface area contributed by atoms with Crippen LogP contribution in [-0.2, 0) is 7.05 Å². The number of hydrogen-bond donors (Lipinski definition) is 1. The van der Waals surface area contributed by atoms with Crippen LogP contribution in [0.5, 0.6) is 0 Å². The second-order valence-corrected chi connectivity index (χ2v) is 5.39. The average Bonchev–Trinajstić information content (AvgIpc) is 2.77. The topological polar surface area (TPSA) is 29.9 Å². The summed E-state index contributed by atoms with van der Waals surface area (Å²) < 4.78 is 15.4. The highest BCUT2D eigenvalue weighted by atomic mass is 32.2. The van der Waals surface area contributed by atoms with E-state index in [1.807, 2.05) is 37.7 Å². The van der Waals surface area contributed by atoms with E-state index in [1.165, 1.54) is 6.07 Å². The molecule has 0 aliphatic heterocycles. The van der Waals surface area contributed by atoms with Crippen LogP contribution in [0.2, 0.25) is 0 Å². The van der Waals surface area contributed by atoms with Gasteiger partial charge in [0, 0.05) is 30.4 Å². The van der Waals surface area contributed by atoms with Gasteiger partial charge in [-0.1, -0.05) is 18.7 Å². The molecule has 0 fully saturated rings. The normalized spacial score (nSPS) is 12.6. The van der Waals surface area contributed by atoms with Gasteiger partial charge in [0.2, 0.25) is 0 Å². The Hall–Kier alpha value is -1.33. The van der Waals surface area contributed by atoms with Gasteiger partial charge in [0.15, 0.2) is 5.16 Å². The summed E-state index contributed by atoms with van der Waals surface area (Å²) in [5.41, 5.74) is 0.967. The van der Waals surface area contributed by atoms with Crippen molar-refractivity contribution in [1.29, 1.82) is 0 Å². The minimum Gasteiger partial charge on any atom is -0.329 e. The molecule has 19 heavy (non-hydrogen) atoms. The first-order chi connectivity index (χ1) is 9.11. The lowest BCUT2D eigenvalue weighted by Crippen LogP contribution is -2.18. The lowest BCUT2D eigenvalue weighted by atomic mass is 10.1. The van der Waals surface area contributed by atoms with Gasteiger partial charge in [0.05, 0.1) is 0 Å². The molecule has 2 aromatic rings. The Morgan fingerprint density at radius 2 is 2.26 bits per heavy atom. The number of benzene rings is 1. The Balaban J connectivity index is 2.31. The van der Waals surface area contributed by atoms with Crippen molar-refractivity contribution in [3.63, 3.8) is 0 Å². The van der Waals surface area contributed by atoms with E-state index in [0.29, 0.717) is 0 Å². The van der Waals surface area contributed by atoms with E-state index >= 15 is 0 Å². The number of aromatic nitrogens is 2. The van der Waals surface area contributed by atoms with Crippen molar-refractivity contribution in [2.45, 2.75) is 29.9 Å². The molecule has 5 heteroatoms. The molecule has 1 N–H and O–H groups in total. The van der Waals surface area contributed by atoms with Crippen LogP contribution in [0.15, 0.2) is 40.6 Å².